The average Bonchev–Trinajstić information content (AvgIpc) is 3.71. The molecule has 4 amide bonds. The van der Waals surface area contributed by atoms with Crippen LogP contribution in [0.15, 0.2) is 85.0 Å². The number of nitrogens with zero attached hydrogens (tertiary/aromatic N) is 1. The van der Waals surface area contributed by atoms with Gasteiger partial charge in [-0.2, -0.15) is 0 Å². The van der Waals surface area contributed by atoms with Gasteiger partial charge in [0, 0.05) is 36.5 Å². The number of aromatic hydroxyl groups is 1. The predicted molar refractivity (Wildman–Crippen MR) is 170 cm³/mol. The Kier molecular flexibility index (Phi) is 8.95. The second-order valence-electron chi connectivity index (χ2n) is 11.3. The molecular formula is C34H38N6O5. The van der Waals surface area contributed by atoms with Crippen molar-refractivity contribution in [3.8, 4) is 5.75 Å². The van der Waals surface area contributed by atoms with E-state index in [1.54, 1.807) is 6.20 Å². The van der Waals surface area contributed by atoms with Gasteiger partial charge < -0.3 is 37.1 Å². The van der Waals surface area contributed by atoms with Crippen LogP contribution in [-0.4, -0.2) is 69.3 Å². The van der Waals surface area contributed by atoms with Gasteiger partial charge in [-0.05, 0) is 54.1 Å². The number of carbonyl (C=O) groups excluding carboxylic acids is 4. The Hall–Kier alpha value is -5.16. The number of rotatable bonds is 12. The van der Waals surface area contributed by atoms with E-state index in [0.29, 0.717) is 18.4 Å². The molecule has 3 aromatic carbocycles. The first-order chi connectivity index (χ1) is 22.5. The van der Waals surface area contributed by atoms with Crippen molar-refractivity contribution >= 4 is 34.5 Å². The van der Waals surface area contributed by atoms with Crippen LogP contribution >= 0.6 is 0 Å². The molecule has 1 saturated heterocycles. The summed E-state index contributed by atoms with van der Waals surface area (Å²) >= 11 is 0. The third-order valence-electron chi connectivity index (χ3n) is 8.07. The maximum absolute atomic E-state index is 13.8. The highest BCUT2D eigenvalue weighted by atomic mass is 16.3. The van der Waals surface area contributed by atoms with E-state index in [1.165, 1.54) is 17.0 Å². The van der Waals surface area contributed by atoms with E-state index in [-0.39, 0.29) is 37.9 Å². The molecule has 0 unspecified atom stereocenters. The van der Waals surface area contributed by atoms with E-state index in [2.05, 4.69) is 15.6 Å². The minimum Gasteiger partial charge on any atom is -0.508 e. The lowest BCUT2D eigenvalue weighted by molar-refractivity contribution is -0.140. The molecule has 0 spiro atoms. The lowest BCUT2D eigenvalue weighted by Crippen LogP contribution is -2.58. The Morgan fingerprint density at radius 2 is 1.62 bits per heavy atom. The lowest BCUT2D eigenvalue weighted by Gasteiger charge is -2.29. The molecule has 11 nitrogen and oxygen atoms in total. The summed E-state index contributed by atoms with van der Waals surface area (Å²) in [4.78, 5) is 58.0. The molecule has 5 rings (SSSR count). The van der Waals surface area contributed by atoms with Crippen molar-refractivity contribution < 1.29 is 27.0 Å². The van der Waals surface area contributed by atoms with E-state index in [4.69, 9.17) is 14.2 Å². The molecule has 2 heterocycles. The molecular weight excluding hydrogens is 572 g/mol. The molecule has 4 atom stereocenters. The van der Waals surface area contributed by atoms with Crippen LogP contribution in [0.3, 0.4) is 0 Å². The zero-order valence-electron chi connectivity index (χ0n) is 26.7. The van der Waals surface area contributed by atoms with E-state index in [1.807, 2.05) is 54.6 Å². The number of nitrogens with two attached hydrogens (primary N) is 2. The summed E-state index contributed by atoms with van der Waals surface area (Å²) < 4.78 is 15.6. The topological polar surface area (TPSA) is 184 Å². The van der Waals surface area contributed by atoms with Gasteiger partial charge in [0.25, 0.3) is 0 Å². The van der Waals surface area contributed by atoms with Crippen LogP contribution in [0, 0.1) is 0 Å². The highest BCUT2D eigenvalue weighted by molar-refractivity contribution is 5.95. The molecule has 4 aromatic rings. The first-order valence-electron chi connectivity index (χ1n) is 15.9. The largest absolute Gasteiger partial charge is 0.508 e. The van der Waals surface area contributed by atoms with Crippen LogP contribution in [0.2, 0.25) is 0 Å². The number of phenols is 1. The molecule has 11 heteroatoms. The number of H-pyrrole nitrogens is 1. The molecule has 8 N–H and O–H groups in total. The predicted octanol–water partition coefficient (Wildman–Crippen LogP) is 1.67. The van der Waals surface area contributed by atoms with Crippen molar-refractivity contribution in [1.29, 1.82) is 0 Å². The summed E-state index contributed by atoms with van der Waals surface area (Å²) in [5.41, 5.74) is 14.8. The molecule has 1 fully saturated rings. The van der Waals surface area contributed by atoms with Crippen LogP contribution in [-0.2, 0) is 38.4 Å². The number of likely N-dealkylation sites (tertiary alicyclic amines) is 1. The molecule has 234 valence electrons. The first-order valence-corrected chi connectivity index (χ1v) is 14.9. The third kappa shape index (κ3) is 7.68. The number of benzene rings is 3. The van der Waals surface area contributed by atoms with Crippen LogP contribution in [0.25, 0.3) is 10.9 Å². The lowest BCUT2D eigenvalue weighted by atomic mass is 10.0. The average molecular weight is 615 g/mol. The van der Waals surface area contributed by atoms with Crippen LogP contribution in [0.4, 0.5) is 0 Å². The molecule has 45 heavy (non-hydrogen) atoms. The van der Waals surface area contributed by atoms with Crippen LogP contribution in [0.5, 0.6) is 5.75 Å². The van der Waals surface area contributed by atoms with Gasteiger partial charge in [0.2, 0.25) is 23.6 Å². The summed E-state index contributed by atoms with van der Waals surface area (Å²) in [6, 6.07) is 14.8. The summed E-state index contributed by atoms with van der Waals surface area (Å²) in [7, 11) is 0. The standard InChI is InChI=1S/C34H38N6O5/c35-26(17-22-12-14-24(41)15-13-22)34(45)40-16-6-11-30(40)33(44)39-29(19-23-20-37-27-10-5-4-9-25(23)27)32(43)38-28(31(36)42)18-21-7-2-1-3-8-21/h1-5,7-10,12-15,20,26,28-30,37,41H,6,11,16-19,35H2,(H2,36,42)(H,38,43)(H,39,44)/t26-,28-,29-,30-/m0/s1/i14T,15T. The Bertz CT molecular complexity index is 1760. The van der Waals surface area contributed by atoms with Crippen molar-refractivity contribution in [2.24, 2.45) is 11.5 Å². The number of primary amides is 1. The van der Waals surface area contributed by atoms with Crippen molar-refractivity contribution in [2.45, 2.75) is 56.3 Å². The Balaban J connectivity index is 1.33. The summed E-state index contributed by atoms with van der Waals surface area (Å²) in [5.74, 6) is -2.79. The smallest absolute Gasteiger partial charge is 0.243 e. The molecule has 0 saturated carbocycles. The summed E-state index contributed by atoms with van der Waals surface area (Å²) in [6.45, 7) is 0.285. The molecule has 1 aliphatic rings. The Labute approximate surface area is 263 Å². The Morgan fingerprint density at radius 3 is 2.36 bits per heavy atom. The van der Waals surface area contributed by atoms with E-state index >= 15 is 0 Å². The highest BCUT2D eigenvalue weighted by Crippen LogP contribution is 2.22. The fraction of sp³-hybridized carbons (Fsp3) is 0.294. The fourth-order valence-electron chi connectivity index (χ4n) is 5.72. The number of phenolic OH excluding ortho intramolecular Hbond substituents is 1. The monoisotopic (exact) mass is 614 g/mol. The van der Waals surface area contributed by atoms with E-state index in [9.17, 15) is 24.3 Å². The minimum atomic E-state index is -1.10. The minimum absolute atomic E-state index is 0.00320. The maximum atomic E-state index is 13.8. The van der Waals surface area contributed by atoms with Gasteiger partial charge in [-0.25, -0.2) is 0 Å². The zero-order chi connectivity index (χ0) is 33.7. The number of amides is 4. The van der Waals surface area contributed by atoms with Gasteiger partial charge in [0.1, 0.15) is 23.9 Å². The van der Waals surface area contributed by atoms with Gasteiger partial charge in [-0.15, -0.1) is 0 Å². The van der Waals surface area contributed by atoms with Gasteiger partial charge >= 0.3 is 0 Å². The normalized spacial score (nSPS) is 17.2. The van der Waals surface area contributed by atoms with Crippen molar-refractivity contribution in [3.05, 3.63) is 102 Å². The molecule has 1 aromatic heterocycles. The zero-order valence-corrected chi connectivity index (χ0v) is 24.7. The number of para-hydroxylation sites is 1. The van der Waals surface area contributed by atoms with Crippen LogP contribution in [0.1, 0.15) is 32.3 Å². The number of nitrogens with one attached hydrogen (secondary N) is 3. The first kappa shape index (κ1) is 28.6. The number of hydrogen-bond acceptors (Lipinski definition) is 6. The quantitative estimate of drug-likeness (QED) is 0.141. The fourth-order valence-corrected chi connectivity index (χ4v) is 5.72. The number of fused-ring (bicyclic) bond motifs is 1. The van der Waals surface area contributed by atoms with E-state index in [0.717, 1.165) is 22.0 Å². The van der Waals surface area contributed by atoms with Gasteiger partial charge in [0.15, 0.2) is 0 Å². The SMILES string of the molecule is [3H]c1cc(C[C@H](N)C(=O)N2CCC[C@H]2C(=O)N[C@@H](Cc2c[nH]c3ccccc23)C(=O)N[C@@H](Cc2ccccc2)C(N)=O)cc([3H])c1O. The number of aromatic nitrogens is 1. The van der Waals surface area contributed by atoms with E-state index < -0.39 is 53.5 Å². The molecule has 0 bridgehead atoms. The van der Waals surface area contributed by atoms with Crippen molar-refractivity contribution in [3.63, 3.8) is 0 Å². The number of aromatic amines is 1. The van der Waals surface area contributed by atoms with Gasteiger partial charge in [0.05, 0.1) is 8.78 Å². The van der Waals surface area contributed by atoms with Crippen molar-refractivity contribution in [2.75, 3.05) is 6.54 Å². The molecule has 0 radical (unpaired) electrons. The summed E-state index contributed by atoms with van der Waals surface area (Å²) in [5, 5.41) is 16.2. The highest BCUT2D eigenvalue weighted by Gasteiger charge is 2.38. The second-order valence-corrected chi connectivity index (χ2v) is 11.3. The van der Waals surface area contributed by atoms with Gasteiger partial charge in [-0.1, -0.05) is 60.7 Å². The van der Waals surface area contributed by atoms with Crippen molar-refractivity contribution in [1.82, 2.24) is 20.5 Å². The van der Waals surface area contributed by atoms with Crippen LogP contribution < -0.4 is 22.1 Å². The second kappa shape index (κ2) is 14.1. The Morgan fingerprint density at radius 1 is 0.933 bits per heavy atom. The summed E-state index contributed by atoms with van der Waals surface area (Å²) in [6.07, 6.45) is 2.95. The number of hydrogen-bond donors (Lipinski definition) is 6. The molecule has 1 aliphatic heterocycles. The number of carbonyl (C=O) groups is 4. The maximum Gasteiger partial charge on any atom is 0.243 e. The third-order valence-corrected chi connectivity index (χ3v) is 8.07. The van der Waals surface area contributed by atoms with Gasteiger partial charge in [-0.3, -0.25) is 19.2 Å². The molecule has 0 aliphatic carbocycles.